The second kappa shape index (κ2) is 5.58. The molecular formula is C12H16BCl2FO3. The van der Waals surface area contributed by atoms with Crippen molar-refractivity contribution >= 4 is 35.8 Å². The van der Waals surface area contributed by atoms with Crippen molar-refractivity contribution in [3.63, 3.8) is 0 Å². The predicted molar refractivity (Wildman–Crippen MR) is 75.5 cm³/mol. The van der Waals surface area contributed by atoms with Crippen molar-refractivity contribution in [1.82, 2.24) is 0 Å². The van der Waals surface area contributed by atoms with E-state index in [1.165, 1.54) is 12.1 Å². The van der Waals surface area contributed by atoms with E-state index in [0.29, 0.717) is 0 Å². The molecule has 0 spiro atoms. The van der Waals surface area contributed by atoms with Crippen molar-refractivity contribution in [2.75, 3.05) is 0 Å². The summed E-state index contributed by atoms with van der Waals surface area (Å²) in [6.07, 6.45) is 0. The molecule has 0 aliphatic heterocycles. The van der Waals surface area contributed by atoms with Gasteiger partial charge in [-0.25, -0.2) is 4.39 Å². The monoisotopic (exact) mass is 308 g/mol. The SMILES string of the molecule is CC(C)(O)C(C)(C)OB(O)c1cc(Cl)c(F)c(Cl)c1. The van der Waals surface area contributed by atoms with Gasteiger partial charge in [0.15, 0.2) is 5.82 Å². The molecule has 1 rings (SSSR count). The average Bonchev–Trinajstić information content (AvgIpc) is 2.22. The molecule has 0 atom stereocenters. The normalized spacial score (nSPS) is 12.7. The van der Waals surface area contributed by atoms with Crippen molar-refractivity contribution in [2.45, 2.75) is 38.9 Å². The maximum Gasteiger partial charge on any atom is 0.491 e. The molecule has 0 bridgehead atoms. The molecule has 1 aromatic carbocycles. The molecule has 0 saturated carbocycles. The Morgan fingerprint density at radius 3 is 1.95 bits per heavy atom. The van der Waals surface area contributed by atoms with Crippen LogP contribution >= 0.6 is 23.2 Å². The minimum absolute atomic E-state index is 0.203. The van der Waals surface area contributed by atoms with Crippen molar-refractivity contribution in [2.24, 2.45) is 0 Å². The molecule has 3 nitrogen and oxygen atoms in total. The second-order valence-corrected chi connectivity index (χ2v) is 6.15. The van der Waals surface area contributed by atoms with Crippen LogP contribution < -0.4 is 5.46 Å². The number of aliphatic hydroxyl groups is 1. The Kier molecular flexibility index (Phi) is 4.91. The molecule has 0 aromatic heterocycles. The molecule has 0 heterocycles. The molecule has 0 radical (unpaired) electrons. The van der Waals surface area contributed by atoms with E-state index in [4.69, 9.17) is 27.9 Å². The van der Waals surface area contributed by atoms with Gasteiger partial charge in [0, 0.05) is 0 Å². The lowest BCUT2D eigenvalue weighted by Gasteiger charge is -2.38. The van der Waals surface area contributed by atoms with E-state index in [1.807, 2.05) is 0 Å². The van der Waals surface area contributed by atoms with Gasteiger partial charge in [-0.15, -0.1) is 0 Å². The van der Waals surface area contributed by atoms with Gasteiger partial charge in [0.25, 0.3) is 0 Å². The molecule has 2 N–H and O–H groups in total. The van der Waals surface area contributed by atoms with Gasteiger partial charge in [0.05, 0.1) is 21.2 Å². The summed E-state index contributed by atoms with van der Waals surface area (Å²) in [5, 5.41) is 19.5. The van der Waals surface area contributed by atoms with Gasteiger partial charge in [-0.2, -0.15) is 0 Å². The highest BCUT2D eigenvalue weighted by Crippen LogP contribution is 2.26. The van der Waals surface area contributed by atoms with Crippen LogP contribution in [0.4, 0.5) is 4.39 Å². The van der Waals surface area contributed by atoms with Gasteiger partial charge < -0.3 is 14.8 Å². The molecule has 0 amide bonds. The van der Waals surface area contributed by atoms with Crippen LogP contribution in [0.2, 0.25) is 10.0 Å². The van der Waals surface area contributed by atoms with Gasteiger partial charge in [-0.1, -0.05) is 23.2 Å². The van der Waals surface area contributed by atoms with Crippen LogP contribution in [-0.4, -0.2) is 28.5 Å². The van der Waals surface area contributed by atoms with Crippen LogP contribution in [0.15, 0.2) is 12.1 Å². The van der Waals surface area contributed by atoms with Crippen LogP contribution in [-0.2, 0) is 4.65 Å². The summed E-state index contributed by atoms with van der Waals surface area (Å²) < 4.78 is 18.7. The minimum atomic E-state index is -1.38. The Balaban J connectivity index is 3.00. The summed E-state index contributed by atoms with van der Waals surface area (Å²) in [6, 6.07) is 2.46. The lowest BCUT2D eigenvalue weighted by atomic mass is 9.76. The van der Waals surface area contributed by atoms with Crippen LogP contribution in [0.25, 0.3) is 0 Å². The zero-order chi connectivity index (χ0) is 15.0. The molecular weight excluding hydrogens is 293 g/mol. The number of rotatable bonds is 4. The highest BCUT2D eigenvalue weighted by molar-refractivity contribution is 6.61. The summed E-state index contributed by atoms with van der Waals surface area (Å²) in [7, 11) is -1.38. The molecule has 0 aliphatic carbocycles. The van der Waals surface area contributed by atoms with Gasteiger partial charge in [-0.05, 0) is 45.3 Å². The Hall–Kier alpha value is -0.325. The molecule has 19 heavy (non-hydrogen) atoms. The first kappa shape index (κ1) is 16.7. The van der Waals surface area contributed by atoms with Crippen LogP contribution in [0.1, 0.15) is 27.7 Å². The van der Waals surface area contributed by atoms with Gasteiger partial charge in [-0.3, -0.25) is 0 Å². The maximum absolute atomic E-state index is 13.3. The topological polar surface area (TPSA) is 49.7 Å². The molecule has 106 valence electrons. The quantitative estimate of drug-likeness (QED) is 0.663. The van der Waals surface area contributed by atoms with E-state index < -0.39 is 24.1 Å². The fraction of sp³-hybridized carbons (Fsp3) is 0.500. The van der Waals surface area contributed by atoms with Gasteiger partial charge in [0.1, 0.15) is 0 Å². The number of hydrogen-bond acceptors (Lipinski definition) is 3. The number of hydrogen-bond donors (Lipinski definition) is 2. The maximum atomic E-state index is 13.3. The summed E-state index contributed by atoms with van der Waals surface area (Å²) in [6.45, 7) is 6.38. The average molecular weight is 309 g/mol. The molecule has 7 heteroatoms. The second-order valence-electron chi connectivity index (χ2n) is 5.34. The first-order valence-corrected chi connectivity index (χ1v) is 6.44. The summed E-state index contributed by atoms with van der Waals surface area (Å²) >= 11 is 11.3. The first-order chi connectivity index (χ1) is 8.45. The number of benzene rings is 1. The van der Waals surface area contributed by atoms with Crippen LogP contribution in [0.5, 0.6) is 0 Å². The fourth-order valence-corrected chi connectivity index (χ4v) is 1.71. The lowest BCUT2D eigenvalue weighted by Crippen LogP contribution is -2.53. The summed E-state index contributed by atoms with van der Waals surface area (Å²) in [5.74, 6) is -0.749. The van der Waals surface area contributed by atoms with Crippen molar-refractivity contribution in [3.8, 4) is 0 Å². The van der Waals surface area contributed by atoms with E-state index in [9.17, 15) is 14.5 Å². The molecule has 1 aromatic rings. The Labute approximate surface area is 122 Å². The van der Waals surface area contributed by atoms with Crippen molar-refractivity contribution in [1.29, 1.82) is 0 Å². The predicted octanol–water partition coefficient (Wildman–Crippen LogP) is 2.39. The highest BCUT2D eigenvalue weighted by Gasteiger charge is 2.39. The zero-order valence-electron chi connectivity index (χ0n) is 11.2. The van der Waals surface area contributed by atoms with E-state index in [1.54, 1.807) is 27.7 Å². The van der Waals surface area contributed by atoms with Gasteiger partial charge in [0.2, 0.25) is 0 Å². The molecule has 0 saturated heterocycles. The molecule has 0 fully saturated rings. The van der Waals surface area contributed by atoms with Gasteiger partial charge >= 0.3 is 7.12 Å². The van der Waals surface area contributed by atoms with Crippen molar-refractivity contribution < 1.29 is 19.2 Å². The Morgan fingerprint density at radius 1 is 1.16 bits per heavy atom. The number of halogens is 3. The standard InChI is InChI=1S/C12H16BCl2FO3/c1-11(2,17)12(3,4)19-13(18)7-5-8(14)10(16)9(15)6-7/h5-6,17-18H,1-4H3. The van der Waals surface area contributed by atoms with Crippen molar-refractivity contribution in [3.05, 3.63) is 28.0 Å². The van der Waals surface area contributed by atoms with Crippen LogP contribution in [0, 0.1) is 5.82 Å². The lowest BCUT2D eigenvalue weighted by molar-refractivity contribution is -0.0982. The Morgan fingerprint density at radius 2 is 1.58 bits per heavy atom. The van der Waals surface area contributed by atoms with E-state index in [2.05, 4.69) is 0 Å². The third kappa shape index (κ3) is 3.83. The summed E-state index contributed by atoms with van der Waals surface area (Å²) in [4.78, 5) is 0. The van der Waals surface area contributed by atoms with E-state index in [-0.39, 0.29) is 15.5 Å². The molecule has 0 aliphatic rings. The third-order valence-electron chi connectivity index (χ3n) is 3.17. The van der Waals surface area contributed by atoms with E-state index in [0.717, 1.165) is 0 Å². The Bertz CT molecular complexity index is 452. The minimum Gasteiger partial charge on any atom is -0.423 e. The summed E-state index contributed by atoms with van der Waals surface area (Å²) in [5.41, 5.74) is -1.99. The fourth-order valence-electron chi connectivity index (χ4n) is 1.21. The zero-order valence-corrected chi connectivity index (χ0v) is 12.7. The van der Waals surface area contributed by atoms with Crippen LogP contribution in [0.3, 0.4) is 0 Å². The highest BCUT2D eigenvalue weighted by atomic mass is 35.5. The molecule has 0 unspecified atom stereocenters. The smallest absolute Gasteiger partial charge is 0.423 e. The largest absolute Gasteiger partial charge is 0.491 e. The first-order valence-electron chi connectivity index (χ1n) is 5.68. The third-order valence-corrected chi connectivity index (χ3v) is 3.72. The van der Waals surface area contributed by atoms with E-state index >= 15 is 0 Å².